The number of benzene rings is 1. The van der Waals surface area contributed by atoms with Crippen LogP contribution in [-0.2, 0) is 0 Å². The molecule has 1 fully saturated rings. The number of likely N-dealkylation sites (tertiary alicyclic amines) is 1. The summed E-state index contributed by atoms with van der Waals surface area (Å²) in [4.78, 5) is 14.3. The van der Waals surface area contributed by atoms with Crippen molar-refractivity contribution in [1.29, 1.82) is 0 Å². The molecule has 0 aromatic heterocycles. The fraction of sp³-hybridized carbons (Fsp3) is 0.533. The maximum atomic E-state index is 11.9. The van der Waals surface area contributed by atoms with E-state index in [0.717, 1.165) is 13.0 Å². The van der Waals surface area contributed by atoms with Crippen molar-refractivity contribution >= 4 is 5.78 Å². The number of ketones is 1. The number of aromatic hydroxyl groups is 1. The molecular weight excluding hydrogens is 226 g/mol. The average Bonchev–Trinajstić information content (AvgIpc) is 2.40. The summed E-state index contributed by atoms with van der Waals surface area (Å²) in [6.45, 7) is 3.41. The molecule has 0 atom stereocenters. The molecule has 2 rings (SSSR count). The van der Waals surface area contributed by atoms with Gasteiger partial charge in [-0.2, -0.15) is 0 Å². The van der Waals surface area contributed by atoms with E-state index in [4.69, 9.17) is 5.11 Å². The predicted molar refractivity (Wildman–Crippen MR) is 72.0 cm³/mol. The normalized spacial score (nSPS) is 16.7. The Morgan fingerprint density at radius 1 is 1.11 bits per heavy atom. The number of phenolic OH excluding ortho intramolecular Hbond substituents is 1. The zero-order valence-corrected chi connectivity index (χ0v) is 10.8. The number of carbonyl (C=O) groups excluding carboxylic acids is 1. The lowest BCUT2D eigenvalue weighted by atomic mass is 10.1. The highest BCUT2D eigenvalue weighted by molar-refractivity contribution is 5.96. The maximum absolute atomic E-state index is 11.9. The second-order valence-corrected chi connectivity index (χ2v) is 4.98. The Morgan fingerprint density at radius 3 is 2.44 bits per heavy atom. The summed E-state index contributed by atoms with van der Waals surface area (Å²) in [5.74, 6) is 0.381. The molecule has 1 heterocycles. The van der Waals surface area contributed by atoms with Gasteiger partial charge in [-0.25, -0.2) is 0 Å². The number of rotatable bonds is 5. The van der Waals surface area contributed by atoms with Gasteiger partial charge < -0.3 is 10.0 Å². The largest absolute Gasteiger partial charge is 0.508 e. The molecule has 1 aliphatic rings. The van der Waals surface area contributed by atoms with E-state index in [9.17, 15) is 4.79 Å². The lowest BCUT2D eigenvalue weighted by Crippen LogP contribution is -2.30. The maximum Gasteiger partial charge on any atom is 0.162 e. The Balaban J connectivity index is 1.72. The third kappa shape index (κ3) is 3.84. The molecule has 18 heavy (non-hydrogen) atoms. The number of Topliss-reactive ketones (excluding diaryl/α,β-unsaturated/α-hetero) is 1. The Kier molecular flexibility index (Phi) is 4.76. The Bertz CT molecular complexity index is 380. The zero-order valence-electron chi connectivity index (χ0n) is 10.8. The average molecular weight is 247 g/mol. The quantitative estimate of drug-likeness (QED) is 0.813. The first-order chi connectivity index (χ1) is 8.75. The molecule has 0 saturated carbocycles. The molecule has 1 aromatic carbocycles. The van der Waals surface area contributed by atoms with E-state index in [2.05, 4.69) is 4.90 Å². The smallest absolute Gasteiger partial charge is 0.162 e. The van der Waals surface area contributed by atoms with Gasteiger partial charge >= 0.3 is 0 Å². The fourth-order valence-electron chi connectivity index (χ4n) is 2.44. The molecule has 1 saturated heterocycles. The fourth-order valence-corrected chi connectivity index (χ4v) is 2.44. The van der Waals surface area contributed by atoms with Gasteiger partial charge in [0.1, 0.15) is 5.75 Å². The van der Waals surface area contributed by atoms with Crippen LogP contribution in [-0.4, -0.2) is 35.4 Å². The Labute approximate surface area is 108 Å². The standard InChI is InChI=1S/C15H21NO2/c17-14-8-6-13(7-9-14)15(18)5-4-12-16-10-2-1-3-11-16/h6-9,17H,1-5,10-12H2. The highest BCUT2D eigenvalue weighted by Crippen LogP contribution is 2.13. The van der Waals surface area contributed by atoms with Crippen LogP contribution in [0, 0.1) is 0 Å². The van der Waals surface area contributed by atoms with Crippen molar-refractivity contribution in [3.63, 3.8) is 0 Å². The van der Waals surface area contributed by atoms with Crippen LogP contribution in [0.4, 0.5) is 0 Å². The molecule has 1 aromatic rings. The third-order valence-corrected chi connectivity index (χ3v) is 3.52. The first-order valence-electron chi connectivity index (χ1n) is 6.80. The van der Waals surface area contributed by atoms with Crippen LogP contribution >= 0.6 is 0 Å². The lowest BCUT2D eigenvalue weighted by Gasteiger charge is -2.26. The summed E-state index contributed by atoms with van der Waals surface area (Å²) >= 11 is 0. The minimum absolute atomic E-state index is 0.173. The second-order valence-electron chi connectivity index (χ2n) is 4.98. The highest BCUT2D eigenvalue weighted by atomic mass is 16.3. The van der Waals surface area contributed by atoms with Crippen LogP contribution in [0.25, 0.3) is 0 Å². The van der Waals surface area contributed by atoms with Crippen molar-refractivity contribution in [3.8, 4) is 5.75 Å². The number of nitrogens with zero attached hydrogens (tertiary/aromatic N) is 1. The minimum Gasteiger partial charge on any atom is -0.508 e. The molecule has 0 bridgehead atoms. The van der Waals surface area contributed by atoms with Crippen LogP contribution in [0.2, 0.25) is 0 Å². The van der Waals surface area contributed by atoms with Gasteiger partial charge in [-0.3, -0.25) is 4.79 Å². The molecule has 0 radical (unpaired) electrons. The molecule has 1 N–H and O–H groups in total. The summed E-state index contributed by atoms with van der Waals surface area (Å²) in [7, 11) is 0. The van der Waals surface area contributed by atoms with E-state index in [1.54, 1.807) is 24.3 Å². The van der Waals surface area contributed by atoms with Gasteiger partial charge in [0, 0.05) is 12.0 Å². The number of hydrogen-bond donors (Lipinski definition) is 1. The van der Waals surface area contributed by atoms with E-state index in [1.807, 2.05) is 0 Å². The number of hydrogen-bond acceptors (Lipinski definition) is 3. The first kappa shape index (κ1) is 13.1. The summed E-state index contributed by atoms with van der Waals surface area (Å²) < 4.78 is 0. The summed E-state index contributed by atoms with van der Waals surface area (Å²) in [5, 5.41) is 9.17. The molecule has 98 valence electrons. The van der Waals surface area contributed by atoms with Gasteiger partial charge in [-0.1, -0.05) is 6.42 Å². The van der Waals surface area contributed by atoms with Gasteiger partial charge in [0.15, 0.2) is 5.78 Å². The second kappa shape index (κ2) is 6.55. The van der Waals surface area contributed by atoms with Crippen molar-refractivity contribution in [2.75, 3.05) is 19.6 Å². The third-order valence-electron chi connectivity index (χ3n) is 3.52. The number of phenols is 1. The van der Waals surface area contributed by atoms with Crippen LogP contribution < -0.4 is 0 Å². The zero-order chi connectivity index (χ0) is 12.8. The van der Waals surface area contributed by atoms with E-state index >= 15 is 0 Å². The molecule has 0 unspecified atom stereocenters. The van der Waals surface area contributed by atoms with E-state index in [-0.39, 0.29) is 11.5 Å². The minimum atomic E-state index is 0.173. The van der Waals surface area contributed by atoms with Gasteiger partial charge in [0.25, 0.3) is 0 Å². The van der Waals surface area contributed by atoms with Gasteiger partial charge in [0.05, 0.1) is 0 Å². The molecule has 3 heteroatoms. The van der Waals surface area contributed by atoms with Crippen molar-refractivity contribution in [1.82, 2.24) is 4.90 Å². The van der Waals surface area contributed by atoms with Crippen LogP contribution in [0.15, 0.2) is 24.3 Å². The van der Waals surface area contributed by atoms with E-state index in [1.165, 1.54) is 32.4 Å². The predicted octanol–water partition coefficient (Wildman–Crippen LogP) is 2.84. The summed E-state index contributed by atoms with van der Waals surface area (Å²) in [6.07, 6.45) is 5.47. The van der Waals surface area contributed by atoms with Crippen LogP contribution in [0.3, 0.4) is 0 Å². The highest BCUT2D eigenvalue weighted by Gasteiger charge is 2.11. The van der Waals surface area contributed by atoms with Gasteiger partial charge in [0.2, 0.25) is 0 Å². The molecule has 1 aliphatic heterocycles. The van der Waals surface area contributed by atoms with Gasteiger partial charge in [-0.15, -0.1) is 0 Å². The van der Waals surface area contributed by atoms with Crippen molar-refractivity contribution in [2.45, 2.75) is 32.1 Å². The topological polar surface area (TPSA) is 40.5 Å². The molecule has 0 spiro atoms. The van der Waals surface area contributed by atoms with Gasteiger partial charge in [-0.05, 0) is 63.2 Å². The SMILES string of the molecule is O=C(CCCN1CCCCC1)c1ccc(O)cc1. The lowest BCUT2D eigenvalue weighted by molar-refractivity contribution is 0.0973. The van der Waals surface area contributed by atoms with Crippen LogP contribution in [0.1, 0.15) is 42.5 Å². The van der Waals surface area contributed by atoms with Crippen molar-refractivity contribution < 1.29 is 9.90 Å². The van der Waals surface area contributed by atoms with Crippen molar-refractivity contribution in [2.24, 2.45) is 0 Å². The number of carbonyl (C=O) groups is 1. The molecule has 0 aliphatic carbocycles. The molecule has 0 amide bonds. The summed E-state index contributed by atoms with van der Waals surface area (Å²) in [5.41, 5.74) is 0.700. The first-order valence-corrected chi connectivity index (χ1v) is 6.80. The molecular formula is C15H21NO2. The Morgan fingerprint density at radius 2 is 1.78 bits per heavy atom. The monoisotopic (exact) mass is 247 g/mol. The molecule has 3 nitrogen and oxygen atoms in total. The van der Waals surface area contributed by atoms with E-state index in [0.29, 0.717) is 12.0 Å². The number of piperidine rings is 1. The van der Waals surface area contributed by atoms with E-state index < -0.39 is 0 Å². The summed E-state index contributed by atoms with van der Waals surface area (Å²) in [6, 6.07) is 6.52. The van der Waals surface area contributed by atoms with Crippen molar-refractivity contribution in [3.05, 3.63) is 29.8 Å². The van der Waals surface area contributed by atoms with Crippen LogP contribution in [0.5, 0.6) is 5.75 Å². The Hall–Kier alpha value is -1.35.